The van der Waals surface area contributed by atoms with E-state index >= 15 is 0 Å². The number of hydrogen-bond donors (Lipinski definition) is 1. The van der Waals surface area contributed by atoms with Crippen LogP contribution in [0.4, 0.5) is 5.69 Å². The molecule has 2 heterocycles. The number of rotatable bonds is 2. The fourth-order valence-electron chi connectivity index (χ4n) is 5.02. The first-order valence-electron chi connectivity index (χ1n) is 10.0. The Kier molecular flexibility index (Phi) is 4.74. The quantitative estimate of drug-likeness (QED) is 0.885. The first-order chi connectivity index (χ1) is 12.6. The normalized spacial score (nSPS) is 31.2. The maximum absolute atomic E-state index is 13.5. The number of carbonyl (C=O) groups is 2. The van der Waals surface area contributed by atoms with E-state index in [0.717, 1.165) is 50.8 Å². The summed E-state index contributed by atoms with van der Waals surface area (Å²) in [5.74, 6) is -0.0803. The summed E-state index contributed by atoms with van der Waals surface area (Å²) in [5.41, 5.74) is 8.25. The van der Waals surface area contributed by atoms with Crippen LogP contribution in [0.1, 0.15) is 44.6 Å². The summed E-state index contributed by atoms with van der Waals surface area (Å²) in [7, 11) is 0. The third kappa shape index (κ3) is 3.02. The number of likely N-dealkylation sites (tertiary alicyclic amines) is 1. The molecule has 2 fully saturated rings. The van der Waals surface area contributed by atoms with Crippen molar-refractivity contribution in [3.05, 3.63) is 29.8 Å². The zero-order chi connectivity index (χ0) is 18.3. The minimum absolute atomic E-state index is 0.0853. The topological polar surface area (TPSA) is 66.6 Å². The van der Waals surface area contributed by atoms with Crippen LogP contribution < -0.4 is 10.6 Å². The Morgan fingerprint density at radius 3 is 2.42 bits per heavy atom. The Morgan fingerprint density at radius 2 is 1.73 bits per heavy atom. The highest BCUT2D eigenvalue weighted by molar-refractivity contribution is 6.00. The lowest BCUT2D eigenvalue weighted by Crippen LogP contribution is -2.48. The summed E-state index contributed by atoms with van der Waals surface area (Å²) in [6.07, 6.45) is 5.48. The summed E-state index contributed by atoms with van der Waals surface area (Å²) >= 11 is 0. The van der Waals surface area contributed by atoms with Crippen molar-refractivity contribution in [3.8, 4) is 0 Å². The Hall–Kier alpha value is -1.88. The summed E-state index contributed by atoms with van der Waals surface area (Å²) in [4.78, 5) is 30.5. The number of anilines is 1. The molecule has 2 aliphatic heterocycles. The zero-order valence-corrected chi connectivity index (χ0v) is 15.6. The Balaban J connectivity index is 1.56. The van der Waals surface area contributed by atoms with Gasteiger partial charge < -0.3 is 15.5 Å². The highest BCUT2D eigenvalue weighted by Crippen LogP contribution is 2.38. The number of nitrogens with zero attached hydrogens (tertiary/aromatic N) is 2. The number of fused-ring (bicyclic) bond motifs is 1. The number of nitrogens with two attached hydrogens (primary N) is 1. The van der Waals surface area contributed by atoms with Crippen molar-refractivity contribution >= 4 is 17.5 Å². The van der Waals surface area contributed by atoms with E-state index in [0.29, 0.717) is 6.54 Å². The van der Waals surface area contributed by atoms with Gasteiger partial charge >= 0.3 is 0 Å². The molecule has 1 saturated carbocycles. The second-order valence-electron chi connectivity index (χ2n) is 8.22. The molecule has 3 aliphatic rings. The van der Waals surface area contributed by atoms with Crippen molar-refractivity contribution in [2.45, 2.75) is 57.5 Å². The fourth-order valence-corrected chi connectivity index (χ4v) is 5.02. The number of hydrogen-bond acceptors (Lipinski definition) is 3. The van der Waals surface area contributed by atoms with E-state index in [-0.39, 0.29) is 35.7 Å². The van der Waals surface area contributed by atoms with Gasteiger partial charge in [0.1, 0.15) is 0 Å². The van der Waals surface area contributed by atoms with Gasteiger partial charge in [-0.3, -0.25) is 9.59 Å². The van der Waals surface area contributed by atoms with Gasteiger partial charge in [0.2, 0.25) is 11.8 Å². The first kappa shape index (κ1) is 17.5. The average Bonchev–Trinajstić information content (AvgIpc) is 3.23. The third-order valence-electron chi connectivity index (χ3n) is 6.38. The SMILES string of the molecule is CC1Cc2ccccc2N1C(=O)C1CCCCC1C(=O)N1CC[C@@H](N)C1. The lowest BCUT2D eigenvalue weighted by Gasteiger charge is -2.36. The summed E-state index contributed by atoms with van der Waals surface area (Å²) in [6, 6.07) is 8.42. The van der Waals surface area contributed by atoms with Gasteiger partial charge in [0.15, 0.2) is 0 Å². The Bertz CT molecular complexity index is 704. The number of para-hydroxylation sites is 1. The van der Waals surface area contributed by atoms with Crippen molar-refractivity contribution in [3.63, 3.8) is 0 Å². The van der Waals surface area contributed by atoms with Crippen LogP contribution in [-0.2, 0) is 16.0 Å². The van der Waals surface area contributed by atoms with Gasteiger partial charge in [0.25, 0.3) is 0 Å². The molecule has 0 radical (unpaired) electrons. The molecule has 1 aliphatic carbocycles. The molecule has 5 nitrogen and oxygen atoms in total. The predicted octanol–water partition coefficient (Wildman–Crippen LogP) is 2.33. The zero-order valence-electron chi connectivity index (χ0n) is 15.6. The minimum Gasteiger partial charge on any atom is -0.341 e. The van der Waals surface area contributed by atoms with Crippen LogP contribution >= 0.6 is 0 Å². The molecule has 0 aromatic heterocycles. The van der Waals surface area contributed by atoms with Gasteiger partial charge in [-0.25, -0.2) is 0 Å². The van der Waals surface area contributed by atoms with Gasteiger partial charge in [-0.1, -0.05) is 31.0 Å². The van der Waals surface area contributed by atoms with Crippen LogP contribution in [0.5, 0.6) is 0 Å². The Labute approximate surface area is 155 Å². The molecular weight excluding hydrogens is 326 g/mol. The molecule has 1 aromatic carbocycles. The average molecular weight is 355 g/mol. The lowest BCUT2D eigenvalue weighted by atomic mass is 9.77. The van der Waals surface area contributed by atoms with E-state index in [4.69, 9.17) is 5.73 Å². The molecule has 140 valence electrons. The van der Waals surface area contributed by atoms with E-state index in [1.54, 1.807) is 0 Å². The van der Waals surface area contributed by atoms with E-state index in [1.165, 1.54) is 5.56 Å². The second kappa shape index (κ2) is 7.03. The molecule has 4 atom stereocenters. The largest absolute Gasteiger partial charge is 0.341 e. The minimum atomic E-state index is -0.193. The highest BCUT2D eigenvalue weighted by atomic mass is 16.2. The van der Waals surface area contributed by atoms with E-state index in [1.807, 2.05) is 28.0 Å². The van der Waals surface area contributed by atoms with Crippen LogP contribution in [0, 0.1) is 11.8 Å². The molecule has 2 N–H and O–H groups in total. The molecule has 5 heteroatoms. The summed E-state index contributed by atoms with van der Waals surface area (Å²) in [6.45, 7) is 3.48. The third-order valence-corrected chi connectivity index (χ3v) is 6.38. The molecule has 0 bridgehead atoms. The van der Waals surface area contributed by atoms with E-state index in [2.05, 4.69) is 13.0 Å². The molecule has 3 unspecified atom stereocenters. The predicted molar refractivity (Wildman–Crippen MR) is 102 cm³/mol. The van der Waals surface area contributed by atoms with Crippen molar-refractivity contribution in [1.82, 2.24) is 4.90 Å². The van der Waals surface area contributed by atoms with Crippen molar-refractivity contribution in [2.75, 3.05) is 18.0 Å². The summed E-state index contributed by atoms with van der Waals surface area (Å²) < 4.78 is 0. The van der Waals surface area contributed by atoms with Gasteiger partial charge in [-0.2, -0.15) is 0 Å². The molecule has 4 rings (SSSR count). The lowest BCUT2D eigenvalue weighted by molar-refractivity contribution is -0.142. The molecule has 26 heavy (non-hydrogen) atoms. The second-order valence-corrected chi connectivity index (χ2v) is 8.22. The molecular formula is C21H29N3O2. The van der Waals surface area contributed by atoms with Crippen molar-refractivity contribution < 1.29 is 9.59 Å². The fraction of sp³-hybridized carbons (Fsp3) is 0.619. The van der Waals surface area contributed by atoms with Crippen LogP contribution in [-0.4, -0.2) is 41.9 Å². The van der Waals surface area contributed by atoms with Crippen LogP contribution in [0.15, 0.2) is 24.3 Å². The van der Waals surface area contributed by atoms with Gasteiger partial charge in [0, 0.05) is 36.8 Å². The van der Waals surface area contributed by atoms with Crippen LogP contribution in [0.3, 0.4) is 0 Å². The van der Waals surface area contributed by atoms with Crippen LogP contribution in [0.2, 0.25) is 0 Å². The molecule has 1 saturated heterocycles. The van der Waals surface area contributed by atoms with Crippen LogP contribution in [0.25, 0.3) is 0 Å². The number of benzene rings is 1. The van der Waals surface area contributed by atoms with Crippen molar-refractivity contribution in [2.24, 2.45) is 17.6 Å². The van der Waals surface area contributed by atoms with E-state index < -0.39 is 0 Å². The first-order valence-corrected chi connectivity index (χ1v) is 10.0. The summed E-state index contributed by atoms with van der Waals surface area (Å²) in [5, 5.41) is 0. The van der Waals surface area contributed by atoms with Crippen molar-refractivity contribution in [1.29, 1.82) is 0 Å². The van der Waals surface area contributed by atoms with Gasteiger partial charge in [0.05, 0.1) is 5.92 Å². The smallest absolute Gasteiger partial charge is 0.231 e. The molecule has 2 amide bonds. The Morgan fingerprint density at radius 1 is 1.04 bits per heavy atom. The van der Waals surface area contributed by atoms with Gasteiger partial charge in [-0.05, 0) is 44.2 Å². The van der Waals surface area contributed by atoms with E-state index in [9.17, 15) is 9.59 Å². The number of amides is 2. The molecule has 0 spiro atoms. The maximum Gasteiger partial charge on any atom is 0.231 e. The maximum atomic E-state index is 13.5. The highest BCUT2D eigenvalue weighted by Gasteiger charge is 2.43. The van der Waals surface area contributed by atoms with Gasteiger partial charge in [-0.15, -0.1) is 0 Å². The monoisotopic (exact) mass is 355 g/mol. The number of carbonyl (C=O) groups excluding carboxylic acids is 2. The standard InChI is InChI=1S/C21H29N3O2/c1-14-12-15-6-2-5-9-19(15)24(14)21(26)18-8-4-3-7-17(18)20(25)23-11-10-16(22)13-23/h2,5-6,9,14,16-18H,3-4,7-8,10-13,22H2,1H3/t14?,16-,17?,18?/m1/s1. The molecule has 1 aromatic rings.